The van der Waals surface area contributed by atoms with Crippen LogP contribution in [0, 0.1) is 0 Å². The van der Waals surface area contributed by atoms with Gasteiger partial charge in [-0.3, -0.25) is 14.5 Å². The summed E-state index contributed by atoms with van der Waals surface area (Å²) in [6, 6.07) is 7.52. The third kappa shape index (κ3) is 7.26. The number of benzene rings is 1. The molecule has 0 atom stereocenters. The molecule has 7 heteroatoms. The van der Waals surface area contributed by atoms with E-state index in [1.807, 2.05) is 29.2 Å². The summed E-state index contributed by atoms with van der Waals surface area (Å²) in [4.78, 5) is 29.2. The Labute approximate surface area is 159 Å². The summed E-state index contributed by atoms with van der Waals surface area (Å²) in [5, 5.41) is 3.63. The van der Waals surface area contributed by atoms with Crippen LogP contribution in [-0.2, 0) is 9.59 Å². The van der Waals surface area contributed by atoms with Gasteiger partial charge in [0.05, 0.1) is 12.3 Å². The Morgan fingerprint density at radius 2 is 1.84 bits per heavy atom. The zero-order valence-electron chi connectivity index (χ0n) is 14.7. The Morgan fingerprint density at radius 1 is 1.16 bits per heavy atom. The molecule has 2 rings (SSSR count). The first-order valence-electron chi connectivity index (χ1n) is 8.73. The third-order valence-electron chi connectivity index (χ3n) is 4.12. The Hall–Kier alpha value is -1.24. The Balaban J connectivity index is 1.66. The lowest BCUT2D eigenvalue weighted by Crippen LogP contribution is -2.51. The number of amides is 2. The number of rotatable bonds is 8. The van der Waals surface area contributed by atoms with Gasteiger partial charge >= 0.3 is 0 Å². The van der Waals surface area contributed by atoms with Crippen molar-refractivity contribution in [3.05, 3.63) is 29.3 Å². The highest BCUT2D eigenvalue weighted by Gasteiger charge is 2.22. The molecule has 1 aliphatic rings. The van der Waals surface area contributed by atoms with Crippen LogP contribution >= 0.6 is 23.4 Å². The van der Waals surface area contributed by atoms with E-state index in [2.05, 4.69) is 17.1 Å². The maximum Gasteiger partial charge on any atom is 0.234 e. The van der Waals surface area contributed by atoms with Crippen molar-refractivity contribution in [3.63, 3.8) is 0 Å². The van der Waals surface area contributed by atoms with Gasteiger partial charge in [-0.1, -0.05) is 24.9 Å². The van der Waals surface area contributed by atoms with Crippen LogP contribution in [0.3, 0.4) is 0 Å². The minimum Gasteiger partial charge on any atom is -0.355 e. The molecule has 25 heavy (non-hydrogen) atoms. The first-order valence-corrected chi connectivity index (χ1v) is 10.1. The largest absolute Gasteiger partial charge is 0.355 e. The van der Waals surface area contributed by atoms with Crippen LogP contribution in [0.4, 0.5) is 0 Å². The highest BCUT2D eigenvalue weighted by Crippen LogP contribution is 2.20. The summed E-state index contributed by atoms with van der Waals surface area (Å²) in [7, 11) is 0. The SMILES string of the molecule is CCCCNC(=O)CN1CCN(C(=O)CSc2ccc(Cl)cc2)CC1. The predicted molar refractivity (Wildman–Crippen MR) is 103 cm³/mol. The molecule has 5 nitrogen and oxygen atoms in total. The molecule has 1 aromatic rings. The second kappa shape index (κ2) is 10.7. The van der Waals surface area contributed by atoms with Gasteiger partial charge in [-0.05, 0) is 30.7 Å². The fourth-order valence-electron chi connectivity index (χ4n) is 2.59. The number of carbonyl (C=O) groups is 2. The van der Waals surface area contributed by atoms with Gasteiger partial charge in [0.15, 0.2) is 0 Å². The molecule has 1 aliphatic heterocycles. The van der Waals surface area contributed by atoms with Crippen LogP contribution in [0.25, 0.3) is 0 Å². The number of halogens is 1. The molecule has 1 saturated heterocycles. The highest BCUT2D eigenvalue weighted by atomic mass is 35.5. The van der Waals surface area contributed by atoms with E-state index in [1.165, 1.54) is 11.8 Å². The van der Waals surface area contributed by atoms with E-state index in [4.69, 9.17) is 11.6 Å². The molecule has 0 bridgehead atoms. The van der Waals surface area contributed by atoms with E-state index in [-0.39, 0.29) is 11.8 Å². The van der Waals surface area contributed by atoms with Crippen molar-refractivity contribution < 1.29 is 9.59 Å². The number of piperazine rings is 1. The van der Waals surface area contributed by atoms with Gasteiger partial charge < -0.3 is 10.2 Å². The van der Waals surface area contributed by atoms with Crippen LogP contribution in [0.5, 0.6) is 0 Å². The second-order valence-corrected chi connectivity index (χ2v) is 7.59. The fraction of sp³-hybridized carbons (Fsp3) is 0.556. The summed E-state index contributed by atoms with van der Waals surface area (Å²) in [5.74, 6) is 0.651. The first kappa shape index (κ1) is 20.1. The maximum absolute atomic E-state index is 12.3. The number of carbonyl (C=O) groups excluding carboxylic acids is 2. The van der Waals surface area contributed by atoms with Crippen molar-refractivity contribution in [3.8, 4) is 0 Å². The second-order valence-electron chi connectivity index (χ2n) is 6.10. The van der Waals surface area contributed by atoms with Crippen molar-refractivity contribution in [2.24, 2.45) is 0 Å². The number of unbranched alkanes of at least 4 members (excludes halogenated alkanes) is 1. The topological polar surface area (TPSA) is 52.7 Å². The van der Waals surface area contributed by atoms with Gasteiger partial charge in [0.25, 0.3) is 0 Å². The van der Waals surface area contributed by atoms with Crippen LogP contribution in [0.2, 0.25) is 5.02 Å². The number of hydrogen-bond donors (Lipinski definition) is 1. The molecule has 1 aromatic carbocycles. The number of nitrogens with zero attached hydrogens (tertiary/aromatic N) is 2. The highest BCUT2D eigenvalue weighted by molar-refractivity contribution is 8.00. The molecule has 0 unspecified atom stereocenters. The fourth-order valence-corrected chi connectivity index (χ4v) is 3.51. The zero-order chi connectivity index (χ0) is 18.1. The Morgan fingerprint density at radius 3 is 2.48 bits per heavy atom. The molecule has 0 saturated carbocycles. The summed E-state index contributed by atoms with van der Waals surface area (Å²) in [6.07, 6.45) is 2.09. The van der Waals surface area contributed by atoms with E-state index in [1.54, 1.807) is 0 Å². The van der Waals surface area contributed by atoms with Crippen molar-refractivity contribution in [2.45, 2.75) is 24.7 Å². The van der Waals surface area contributed by atoms with Crippen molar-refractivity contribution >= 4 is 35.2 Å². The number of hydrogen-bond acceptors (Lipinski definition) is 4. The normalized spacial score (nSPS) is 15.2. The monoisotopic (exact) mass is 383 g/mol. The summed E-state index contributed by atoms with van der Waals surface area (Å²) < 4.78 is 0. The van der Waals surface area contributed by atoms with Gasteiger partial charge in [-0.2, -0.15) is 0 Å². The zero-order valence-corrected chi connectivity index (χ0v) is 16.2. The summed E-state index contributed by atoms with van der Waals surface area (Å²) in [5.41, 5.74) is 0. The molecule has 0 radical (unpaired) electrons. The lowest BCUT2D eigenvalue weighted by molar-refractivity contribution is -0.130. The minimum atomic E-state index is 0.0755. The van der Waals surface area contributed by atoms with Gasteiger partial charge in [0.2, 0.25) is 11.8 Å². The molecule has 0 aliphatic carbocycles. The Bertz CT molecular complexity index is 560. The van der Waals surface area contributed by atoms with Gasteiger partial charge in [0.1, 0.15) is 0 Å². The van der Waals surface area contributed by atoms with Crippen LogP contribution in [0.1, 0.15) is 19.8 Å². The maximum atomic E-state index is 12.3. The van der Waals surface area contributed by atoms with Gasteiger partial charge in [-0.15, -0.1) is 11.8 Å². The average molecular weight is 384 g/mol. The lowest BCUT2D eigenvalue weighted by Gasteiger charge is -2.34. The Kier molecular flexibility index (Phi) is 8.58. The molecular formula is C18H26ClN3O2S. The summed E-state index contributed by atoms with van der Waals surface area (Å²) in [6.45, 7) is 6.14. The van der Waals surface area contributed by atoms with Crippen LogP contribution in [0.15, 0.2) is 29.2 Å². The molecule has 2 amide bonds. The summed E-state index contributed by atoms with van der Waals surface area (Å²) >= 11 is 7.39. The molecule has 1 heterocycles. The lowest BCUT2D eigenvalue weighted by atomic mass is 10.3. The van der Waals surface area contributed by atoms with E-state index in [0.717, 1.165) is 37.4 Å². The predicted octanol–water partition coefficient (Wildman–Crippen LogP) is 2.49. The van der Waals surface area contributed by atoms with E-state index in [9.17, 15) is 9.59 Å². The number of thioether (sulfide) groups is 1. The molecule has 1 N–H and O–H groups in total. The van der Waals surface area contributed by atoms with Gasteiger partial charge in [0, 0.05) is 42.6 Å². The van der Waals surface area contributed by atoms with Gasteiger partial charge in [-0.25, -0.2) is 0 Å². The quantitative estimate of drug-likeness (QED) is 0.553. The third-order valence-corrected chi connectivity index (χ3v) is 5.37. The molecule has 1 fully saturated rings. The molecule has 138 valence electrons. The van der Waals surface area contributed by atoms with E-state index < -0.39 is 0 Å². The van der Waals surface area contributed by atoms with E-state index >= 15 is 0 Å². The molecular weight excluding hydrogens is 358 g/mol. The minimum absolute atomic E-state index is 0.0755. The molecule has 0 spiro atoms. The molecule has 0 aromatic heterocycles. The smallest absolute Gasteiger partial charge is 0.234 e. The van der Waals surface area contributed by atoms with Crippen LogP contribution < -0.4 is 5.32 Å². The van der Waals surface area contributed by atoms with Crippen molar-refractivity contribution in [1.82, 2.24) is 15.1 Å². The standard InChI is InChI=1S/C18H26ClN3O2S/c1-2-3-8-20-17(23)13-21-9-11-22(12-10-21)18(24)14-25-16-6-4-15(19)5-7-16/h4-7H,2-3,8-14H2,1H3,(H,20,23). The number of nitrogens with one attached hydrogen (secondary N) is 1. The first-order chi connectivity index (χ1) is 12.1. The van der Waals surface area contributed by atoms with E-state index in [0.29, 0.717) is 30.4 Å². The van der Waals surface area contributed by atoms with Crippen molar-refractivity contribution in [1.29, 1.82) is 0 Å². The van der Waals surface area contributed by atoms with Crippen molar-refractivity contribution in [2.75, 3.05) is 45.0 Å². The van der Waals surface area contributed by atoms with Crippen LogP contribution in [-0.4, -0.2) is 66.6 Å². The average Bonchev–Trinajstić information content (AvgIpc) is 2.62.